The first-order valence-electron chi connectivity index (χ1n) is 6.57. The summed E-state index contributed by atoms with van der Waals surface area (Å²) < 4.78 is 0. The van der Waals surface area contributed by atoms with E-state index in [-0.39, 0.29) is 22.5 Å². The predicted molar refractivity (Wildman–Crippen MR) is 79.6 cm³/mol. The van der Waals surface area contributed by atoms with Crippen LogP contribution < -0.4 is 5.32 Å². The number of nitro groups is 1. The second kappa shape index (κ2) is 5.67. The van der Waals surface area contributed by atoms with Gasteiger partial charge < -0.3 is 10.4 Å². The molecule has 0 aromatic carbocycles. The highest BCUT2D eigenvalue weighted by atomic mass is 16.6. The molecule has 7 nitrogen and oxygen atoms in total. The lowest BCUT2D eigenvalue weighted by Gasteiger charge is -2.34. The molecule has 0 saturated carbocycles. The summed E-state index contributed by atoms with van der Waals surface area (Å²) in [5.74, 6) is -1.11. The van der Waals surface area contributed by atoms with Crippen molar-refractivity contribution < 1.29 is 14.8 Å². The molecule has 0 aliphatic carbocycles. The smallest absolute Gasteiger partial charge is 0.339 e. The first kappa shape index (κ1) is 16.9. The number of carboxylic acid groups (broad SMARTS) is 1. The average Bonchev–Trinajstić information content (AvgIpc) is 2.24. The zero-order valence-electron chi connectivity index (χ0n) is 12.9. The maximum absolute atomic E-state index is 11.3. The lowest BCUT2D eigenvalue weighted by Crippen LogP contribution is -2.36. The number of aromatic nitrogens is 1. The maximum Gasteiger partial charge on any atom is 0.339 e. The van der Waals surface area contributed by atoms with Crippen LogP contribution in [0.2, 0.25) is 0 Å². The van der Waals surface area contributed by atoms with Gasteiger partial charge in [-0.3, -0.25) is 10.1 Å². The number of hydrogen-bond donors (Lipinski definition) is 2. The fourth-order valence-corrected chi connectivity index (χ4v) is 2.51. The summed E-state index contributed by atoms with van der Waals surface area (Å²) in [6.45, 7) is 10.1. The molecule has 21 heavy (non-hydrogen) atoms. The molecule has 0 aliphatic heterocycles. The van der Waals surface area contributed by atoms with Crippen LogP contribution in [-0.4, -0.2) is 26.5 Å². The molecule has 116 valence electrons. The van der Waals surface area contributed by atoms with Gasteiger partial charge in [0.05, 0.1) is 4.92 Å². The topological polar surface area (TPSA) is 105 Å². The van der Waals surface area contributed by atoms with Crippen molar-refractivity contribution in [3.63, 3.8) is 0 Å². The van der Waals surface area contributed by atoms with E-state index in [1.807, 2.05) is 13.8 Å². The molecule has 0 radical (unpaired) electrons. The summed E-state index contributed by atoms with van der Waals surface area (Å²) in [6.07, 6.45) is 1.83. The Morgan fingerprint density at radius 3 is 2.38 bits per heavy atom. The van der Waals surface area contributed by atoms with E-state index >= 15 is 0 Å². The summed E-state index contributed by atoms with van der Waals surface area (Å²) in [5, 5.41) is 23.0. The molecule has 0 atom stereocenters. The Hall–Kier alpha value is -2.18. The Morgan fingerprint density at radius 1 is 1.38 bits per heavy atom. The van der Waals surface area contributed by atoms with Crippen LogP contribution >= 0.6 is 0 Å². The van der Waals surface area contributed by atoms with E-state index in [0.29, 0.717) is 0 Å². The van der Waals surface area contributed by atoms with Crippen LogP contribution in [0.5, 0.6) is 0 Å². The zero-order chi connectivity index (χ0) is 16.4. The van der Waals surface area contributed by atoms with Gasteiger partial charge in [0, 0.05) is 11.6 Å². The van der Waals surface area contributed by atoms with E-state index in [4.69, 9.17) is 0 Å². The van der Waals surface area contributed by atoms with E-state index in [0.717, 1.165) is 18.7 Å². The van der Waals surface area contributed by atoms with Crippen molar-refractivity contribution in [2.75, 3.05) is 5.32 Å². The molecule has 0 fully saturated rings. The van der Waals surface area contributed by atoms with Gasteiger partial charge in [-0.05, 0) is 25.7 Å². The standard InChI is InChI=1S/C14H21N3O4/c1-13(2,3)8-14(4,5)16-11-10(12(18)19)6-9(7-15-11)17(20)21/h6-7H,8H2,1-5H3,(H,15,16)(H,18,19). The largest absolute Gasteiger partial charge is 0.478 e. The fraction of sp³-hybridized carbons (Fsp3) is 0.571. The molecule has 0 amide bonds. The molecule has 0 unspecified atom stereocenters. The molecule has 1 aromatic heterocycles. The minimum Gasteiger partial charge on any atom is -0.478 e. The van der Waals surface area contributed by atoms with Gasteiger partial charge in [-0.1, -0.05) is 20.8 Å². The Kier molecular flexibility index (Phi) is 4.56. The third-order valence-corrected chi connectivity index (χ3v) is 2.74. The fourth-order valence-electron chi connectivity index (χ4n) is 2.51. The molecule has 0 bridgehead atoms. The highest BCUT2D eigenvalue weighted by Crippen LogP contribution is 2.30. The van der Waals surface area contributed by atoms with Gasteiger partial charge in [-0.2, -0.15) is 0 Å². The van der Waals surface area contributed by atoms with Crippen molar-refractivity contribution in [2.45, 2.75) is 46.6 Å². The number of nitrogens with zero attached hydrogens (tertiary/aromatic N) is 2. The van der Waals surface area contributed by atoms with Crippen LogP contribution in [0, 0.1) is 15.5 Å². The number of hydrogen-bond acceptors (Lipinski definition) is 5. The summed E-state index contributed by atoms with van der Waals surface area (Å²) >= 11 is 0. The number of aromatic carboxylic acids is 1. The van der Waals surface area contributed by atoms with E-state index in [1.54, 1.807) is 0 Å². The highest BCUT2D eigenvalue weighted by Gasteiger charge is 2.28. The Morgan fingerprint density at radius 2 is 1.95 bits per heavy atom. The van der Waals surface area contributed by atoms with Crippen LogP contribution in [-0.2, 0) is 0 Å². The summed E-state index contributed by atoms with van der Waals surface area (Å²) in [6, 6.07) is 1.02. The van der Waals surface area contributed by atoms with Gasteiger partial charge in [0.1, 0.15) is 17.6 Å². The average molecular weight is 295 g/mol. The van der Waals surface area contributed by atoms with Gasteiger partial charge in [0.25, 0.3) is 5.69 Å². The molecule has 2 N–H and O–H groups in total. The van der Waals surface area contributed by atoms with Gasteiger partial charge in [-0.15, -0.1) is 0 Å². The monoisotopic (exact) mass is 295 g/mol. The van der Waals surface area contributed by atoms with Gasteiger partial charge >= 0.3 is 5.97 Å². The zero-order valence-corrected chi connectivity index (χ0v) is 12.9. The minimum absolute atomic E-state index is 0.0423. The van der Waals surface area contributed by atoms with Crippen molar-refractivity contribution in [2.24, 2.45) is 5.41 Å². The lowest BCUT2D eigenvalue weighted by molar-refractivity contribution is -0.385. The molecule has 0 aliphatic rings. The quantitative estimate of drug-likeness (QED) is 0.637. The summed E-state index contributed by atoms with van der Waals surface area (Å²) in [7, 11) is 0. The van der Waals surface area contributed by atoms with Gasteiger partial charge in [0.2, 0.25) is 0 Å². The van der Waals surface area contributed by atoms with Crippen LogP contribution in [0.1, 0.15) is 51.4 Å². The Balaban J connectivity index is 3.13. The van der Waals surface area contributed by atoms with Crippen molar-refractivity contribution in [3.8, 4) is 0 Å². The van der Waals surface area contributed by atoms with Crippen LogP contribution in [0.3, 0.4) is 0 Å². The highest BCUT2D eigenvalue weighted by molar-refractivity contribution is 5.93. The SMILES string of the molecule is CC(C)(C)CC(C)(C)Nc1ncc([N+](=O)[O-])cc1C(=O)O. The van der Waals surface area contributed by atoms with Crippen molar-refractivity contribution in [1.82, 2.24) is 4.98 Å². The first-order chi connectivity index (χ1) is 9.41. The second-order valence-corrected chi connectivity index (χ2v) is 6.90. The van der Waals surface area contributed by atoms with Crippen LogP contribution in [0.15, 0.2) is 12.3 Å². The van der Waals surface area contributed by atoms with Crippen molar-refractivity contribution in [3.05, 3.63) is 27.9 Å². The molecule has 1 heterocycles. The van der Waals surface area contributed by atoms with Crippen LogP contribution in [0.4, 0.5) is 11.5 Å². The third-order valence-electron chi connectivity index (χ3n) is 2.74. The minimum atomic E-state index is -1.25. The van der Waals surface area contributed by atoms with E-state index in [1.165, 1.54) is 0 Å². The maximum atomic E-state index is 11.3. The number of carbonyl (C=O) groups is 1. The third kappa shape index (κ3) is 5.02. The number of nitrogens with one attached hydrogen (secondary N) is 1. The van der Waals surface area contributed by atoms with E-state index in [9.17, 15) is 20.0 Å². The molecular weight excluding hydrogens is 274 g/mol. The second-order valence-electron chi connectivity index (χ2n) is 6.90. The normalized spacial score (nSPS) is 12.0. The van der Waals surface area contributed by atoms with Gasteiger partial charge in [0.15, 0.2) is 0 Å². The van der Waals surface area contributed by atoms with Gasteiger partial charge in [-0.25, -0.2) is 9.78 Å². The van der Waals surface area contributed by atoms with E-state index < -0.39 is 16.4 Å². The number of pyridine rings is 1. The lowest BCUT2D eigenvalue weighted by atomic mass is 9.82. The number of anilines is 1. The first-order valence-corrected chi connectivity index (χ1v) is 6.57. The molecular formula is C14H21N3O4. The molecule has 1 aromatic rings. The predicted octanol–water partition coefficient (Wildman–Crippen LogP) is 3.31. The molecule has 0 spiro atoms. The van der Waals surface area contributed by atoms with Crippen molar-refractivity contribution in [1.29, 1.82) is 0 Å². The van der Waals surface area contributed by atoms with Crippen LogP contribution in [0.25, 0.3) is 0 Å². The molecule has 0 saturated heterocycles. The number of carboxylic acids is 1. The molecule has 1 rings (SSSR count). The Bertz CT molecular complexity index is 562. The summed E-state index contributed by atoms with van der Waals surface area (Å²) in [4.78, 5) is 25.2. The Labute approximate surface area is 123 Å². The number of rotatable bonds is 5. The molecule has 7 heteroatoms. The van der Waals surface area contributed by atoms with Crippen molar-refractivity contribution >= 4 is 17.5 Å². The summed E-state index contributed by atoms with van der Waals surface area (Å²) in [5.41, 5.74) is -0.899. The van der Waals surface area contributed by atoms with E-state index in [2.05, 4.69) is 31.1 Å².